The predicted octanol–water partition coefficient (Wildman–Crippen LogP) is 2.04. The average Bonchev–Trinajstić information content (AvgIpc) is 2.73. The van der Waals surface area contributed by atoms with E-state index in [1.165, 1.54) is 14.2 Å². The summed E-state index contributed by atoms with van der Waals surface area (Å²) < 4.78 is 10.3. The van der Waals surface area contributed by atoms with Crippen molar-refractivity contribution >= 4 is 23.6 Å². The van der Waals surface area contributed by atoms with Gasteiger partial charge >= 0.3 is 6.03 Å². The lowest BCUT2D eigenvalue weighted by Crippen LogP contribution is -2.56. The minimum absolute atomic E-state index is 0.0812. The monoisotopic (exact) mass is 396 g/mol. The van der Waals surface area contributed by atoms with E-state index in [0.717, 1.165) is 0 Å². The molecule has 1 aliphatic heterocycles. The smallest absolute Gasteiger partial charge is 0.328 e. The van der Waals surface area contributed by atoms with Gasteiger partial charge in [0.25, 0.3) is 0 Å². The summed E-state index contributed by atoms with van der Waals surface area (Å²) in [6, 6.07) is 12.6. The number of ketones is 1. The van der Waals surface area contributed by atoms with Gasteiger partial charge in [-0.05, 0) is 48.4 Å². The first-order chi connectivity index (χ1) is 13.9. The highest BCUT2D eigenvalue weighted by atomic mass is 16.5. The van der Waals surface area contributed by atoms with E-state index in [9.17, 15) is 19.2 Å². The van der Waals surface area contributed by atoms with Crippen molar-refractivity contribution in [3.8, 4) is 11.5 Å². The van der Waals surface area contributed by atoms with Crippen molar-refractivity contribution in [3.05, 3.63) is 59.7 Å². The molecule has 4 amide bonds. The quantitative estimate of drug-likeness (QED) is 0.547. The van der Waals surface area contributed by atoms with E-state index in [1.54, 1.807) is 48.5 Å². The molecule has 3 rings (SSSR count). The van der Waals surface area contributed by atoms with Crippen LogP contribution in [0.5, 0.6) is 11.5 Å². The average molecular weight is 396 g/mol. The first kappa shape index (κ1) is 20.1. The van der Waals surface area contributed by atoms with Gasteiger partial charge in [-0.3, -0.25) is 25.0 Å². The third kappa shape index (κ3) is 4.43. The van der Waals surface area contributed by atoms with Crippen LogP contribution in [0.4, 0.5) is 4.79 Å². The molecule has 0 saturated carbocycles. The van der Waals surface area contributed by atoms with E-state index < -0.39 is 29.7 Å². The predicted molar refractivity (Wildman–Crippen MR) is 103 cm³/mol. The second-order valence-electron chi connectivity index (χ2n) is 6.51. The van der Waals surface area contributed by atoms with Crippen molar-refractivity contribution in [2.45, 2.75) is 12.3 Å². The number of amides is 4. The molecular formula is C21H20N2O6. The van der Waals surface area contributed by atoms with Crippen LogP contribution in [0.25, 0.3) is 0 Å². The van der Waals surface area contributed by atoms with Crippen LogP contribution in [-0.2, 0) is 9.59 Å². The van der Waals surface area contributed by atoms with Gasteiger partial charge in [0, 0.05) is 11.5 Å². The second kappa shape index (κ2) is 8.55. The fourth-order valence-corrected chi connectivity index (χ4v) is 3.19. The molecule has 1 heterocycles. The van der Waals surface area contributed by atoms with Crippen molar-refractivity contribution in [1.29, 1.82) is 0 Å². The fraction of sp³-hybridized carbons (Fsp3) is 0.238. The third-order valence-electron chi connectivity index (χ3n) is 4.79. The normalized spacial score (nSPS) is 15.3. The van der Waals surface area contributed by atoms with Crippen LogP contribution in [0, 0.1) is 5.92 Å². The lowest BCUT2D eigenvalue weighted by molar-refractivity contribution is -0.136. The number of carbonyl (C=O) groups excluding carboxylic acids is 4. The Kier molecular flexibility index (Phi) is 5.92. The topological polar surface area (TPSA) is 111 Å². The number of ether oxygens (including phenoxy) is 2. The number of benzene rings is 2. The number of barbiturate groups is 1. The molecule has 1 atom stereocenters. The summed E-state index contributed by atoms with van der Waals surface area (Å²) in [6.07, 6.45) is -0.0812. The van der Waals surface area contributed by atoms with Crippen LogP contribution >= 0.6 is 0 Å². The molecule has 0 unspecified atom stereocenters. The van der Waals surface area contributed by atoms with Gasteiger partial charge in [0.2, 0.25) is 11.8 Å². The lowest BCUT2D eigenvalue weighted by atomic mass is 9.82. The largest absolute Gasteiger partial charge is 0.497 e. The van der Waals surface area contributed by atoms with Crippen LogP contribution in [0.2, 0.25) is 0 Å². The van der Waals surface area contributed by atoms with Gasteiger partial charge in [0.15, 0.2) is 5.78 Å². The number of hydrogen-bond donors (Lipinski definition) is 2. The summed E-state index contributed by atoms with van der Waals surface area (Å²) in [5, 5.41) is 4.14. The summed E-state index contributed by atoms with van der Waals surface area (Å²) in [4.78, 5) is 48.9. The van der Waals surface area contributed by atoms with Crippen LogP contribution in [0.15, 0.2) is 48.5 Å². The van der Waals surface area contributed by atoms with Gasteiger partial charge in [-0.1, -0.05) is 12.1 Å². The summed E-state index contributed by atoms with van der Waals surface area (Å²) in [7, 11) is 3.06. The molecule has 2 N–H and O–H groups in total. The Morgan fingerprint density at radius 1 is 0.862 bits per heavy atom. The highest BCUT2D eigenvalue weighted by Crippen LogP contribution is 2.30. The minimum atomic E-state index is -1.16. The molecule has 29 heavy (non-hydrogen) atoms. The molecule has 0 bridgehead atoms. The molecule has 1 saturated heterocycles. The first-order valence-corrected chi connectivity index (χ1v) is 8.91. The Bertz CT molecular complexity index is 917. The van der Waals surface area contributed by atoms with E-state index in [2.05, 4.69) is 10.6 Å². The Labute approximate surface area is 167 Å². The van der Waals surface area contributed by atoms with Gasteiger partial charge < -0.3 is 9.47 Å². The van der Waals surface area contributed by atoms with E-state index in [0.29, 0.717) is 22.6 Å². The van der Waals surface area contributed by atoms with E-state index in [1.807, 2.05) is 0 Å². The molecule has 8 nitrogen and oxygen atoms in total. The number of nitrogens with one attached hydrogen (secondary N) is 2. The zero-order valence-electron chi connectivity index (χ0n) is 15.9. The first-order valence-electron chi connectivity index (χ1n) is 8.91. The maximum Gasteiger partial charge on any atom is 0.328 e. The van der Waals surface area contributed by atoms with Crippen molar-refractivity contribution in [2.24, 2.45) is 5.92 Å². The van der Waals surface area contributed by atoms with Gasteiger partial charge in [0.05, 0.1) is 14.2 Å². The number of Topliss-reactive ketones (excluding diaryl/α,β-unsaturated/α-hetero) is 1. The maximum absolute atomic E-state index is 13.2. The highest BCUT2D eigenvalue weighted by Gasteiger charge is 2.38. The Balaban J connectivity index is 1.94. The summed E-state index contributed by atoms with van der Waals surface area (Å²) in [5.74, 6) is -2.42. The molecule has 0 aromatic heterocycles. The van der Waals surface area contributed by atoms with Gasteiger partial charge in [-0.15, -0.1) is 0 Å². The van der Waals surface area contributed by atoms with Crippen LogP contribution in [0.1, 0.15) is 28.3 Å². The Morgan fingerprint density at radius 2 is 1.34 bits per heavy atom. The molecule has 0 aliphatic carbocycles. The lowest BCUT2D eigenvalue weighted by Gasteiger charge is -2.25. The molecule has 150 valence electrons. The minimum Gasteiger partial charge on any atom is -0.497 e. The van der Waals surface area contributed by atoms with Gasteiger partial charge in [-0.2, -0.15) is 0 Å². The van der Waals surface area contributed by atoms with Gasteiger partial charge in [-0.25, -0.2) is 4.79 Å². The number of rotatable bonds is 7. The molecule has 1 fully saturated rings. The highest BCUT2D eigenvalue weighted by molar-refractivity contribution is 6.16. The molecule has 2 aromatic rings. The molecule has 2 aromatic carbocycles. The van der Waals surface area contributed by atoms with Crippen molar-refractivity contribution in [1.82, 2.24) is 10.6 Å². The van der Waals surface area contributed by atoms with Crippen LogP contribution in [0.3, 0.4) is 0 Å². The molecule has 8 heteroatoms. The number of imide groups is 2. The zero-order chi connectivity index (χ0) is 21.0. The molecular weight excluding hydrogens is 376 g/mol. The summed E-state index contributed by atoms with van der Waals surface area (Å²) >= 11 is 0. The zero-order valence-corrected chi connectivity index (χ0v) is 15.9. The van der Waals surface area contributed by atoms with Crippen molar-refractivity contribution < 1.29 is 28.7 Å². The molecule has 0 spiro atoms. The van der Waals surface area contributed by atoms with Crippen molar-refractivity contribution in [3.63, 3.8) is 0 Å². The standard InChI is InChI=1S/C21H20N2O6/c1-28-14-7-3-12(4-8-14)16(11-17-19(25)22-21(27)23-20(17)26)18(24)13-5-9-15(29-2)10-6-13/h3-10,16-17H,11H2,1-2H3,(H2,22,23,25,26,27)/t16-/m0/s1. The van der Waals surface area contributed by atoms with E-state index in [4.69, 9.17) is 9.47 Å². The molecule has 0 radical (unpaired) electrons. The van der Waals surface area contributed by atoms with Crippen molar-refractivity contribution in [2.75, 3.05) is 14.2 Å². The van der Waals surface area contributed by atoms with E-state index >= 15 is 0 Å². The van der Waals surface area contributed by atoms with E-state index in [-0.39, 0.29) is 12.2 Å². The summed E-state index contributed by atoms with van der Waals surface area (Å²) in [5.41, 5.74) is 1.04. The third-order valence-corrected chi connectivity index (χ3v) is 4.79. The summed E-state index contributed by atoms with van der Waals surface area (Å²) in [6.45, 7) is 0. The number of carbonyl (C=O) groups is 4. The SMILES string of the molecule is COc1ccc(C(=O)[C@@H](CC2C(=O)NC(=O)NC2=O)c2ccc(OC)cc2)cc1. The fourth-order valence-electron chi connectivity index (χ4n) is 3.19. The molecule has 1 aliphatic rings. The number of urea groups is 1. The number of hydrogen-bond acceptors (Lipinski definition) is 6. The maximum atomic E-state index is 13.2. The van der Waals surface area contributed by atoms with Gasteiger partial charge in [0.1, 0.15) is 17.4 Å². The van der Waals surface area contributed by atoms with Crippen LogP contribution in [-0.4, -0.2) is 37.8 Å². The number of methoxy groups -OCH3 is 2. The Hall–Kier alpha value is -3.68. The second-order valence-corrected chi connectivity index (χ2v) is 6.51. The Morgan fingerprint density at radius 3 is 1.83 bits per heavy atom. The van der Waals surface area contributed by atoms with Crippen LogP contribution < -0.4 is 20.1 Å².